The number of rotatable bonds is 9. The van der Waals surface area contributed by atoms with Crippen molar-refractivity contribution in [1.82, 2.24) is 14.5 Å². The summed E-state index contributed by atoms with van der Waals surface area (Å²) in [4.78, 5) is 8.80. The zero-order valence-corrected chi connectivity index (χ0v) is 19.9. The molecule has 0 aliphatic rings. The first kappa shape index (κ1) is 22.7. The molecule has 2 N–H and O–H groups in total. The highest BCUT2D eigenvalue weighted by molar-refractivity contribution is 6.17. The SMILES string of the molecule is Nc1ncnc2c1c(-c1cccc(OCc3ccccc3)c1)cn2-c1cccc(OCCCCl)c1. The fourth-order valence-corrected chi connectivity index (χ4v) is 4.07. The molecule has 0 aliphatic heterocycles. The van der Waals surface area contributed by atoms with Crippen molar-refractivity contribution in [3.8, 4) is 28.3 Å². The van der Waals surface area contributed by atoms with Crippen molar-refractivity contribution in [2.75, 3.05) is 18.2 Å². The van der Waals surface area contributed by atoms with Crippen LogP contribution in [0, 0.1) is 0 Å². The Balaban J connectivity index is 1.51. The zero-order valence-electron chi connectivity index (χ0n) is 19.1. The van der Waals surface area contributed by atoms with Gasteiger partial charge in [-0.05, 0) is 41.8 Å². The lowest BCUT2D eigenvalue weighted by Gasteiger charge is -2.09. The molecule has 176 valence electrons. The van der Waals surface area contributed by atoms with Crippen molar-refractivity contribution >= 4 is 28.5 Å². The predicted octanol–water partition coefficient (Wildman–Crippen LogP) is 6.26. The number of fused-ring (bicyclic) bond motifs is 1. The second kappa shape index (κ2) is 10.5. The van der Waals surface area contributed by atoms with Crippen molar-refractivity contribution in [2.24, 2.45) is 0 Å². The molecule has 0 atom stereocenters. The van der Waals surface area contributed by atoms with E-state index in [2.05, 4.69) is 9.97 Å². The number of nitrogen functional groups attached to an aromatic ring is 1. The minimum atomic E-state index is 0.425. The molecule has 3 aromatic carbocycles. The molecule has 0 saturated carbocycles. The number of halogens is 1. The molecule has 5 aromatic rings. The fraction of sp³-hybridized carbons (Fsp3) is 0.143. The van der Waals surface area contributed by atoms with Crippen molar-refractivity contribution in [3.63, 3.8) is 0 Å². The maximum atomic E-state index is 6.34. The van der Waals surface area contributed by atoms with E-state index >= 15 is 0 Å². The number of benzene rings is 3. The van der Waals surface area contributed by atoms with Crippen LogP contribution in [0.3, 0.4) is 0 Å². The number of nitrogens with zero attached hydrogens (tertiary/aromatic N) is 3. The maximum absolute atomic E-state index is 6.34. The minimum Gasteiger partial charge on any atom is -0.493 e. The van der Waals surface area contributed by atoms with Gasteiger partial charge >= 0.3 is 0 Å². The van der Waals surface area contributed by atoms with Crippen LogP contribution in [0.25, 0.3) is 27.8 Å². The van der Waals surface area contributed by atoms with Gasteiger partial charge in [-0.15, -0.1) is 11.6 Å². The first-order valence-corrected chi connectivity index (χ1v) is 11.9. The molecule has 0 bridgehead atoms. The number of ether oxygens (including phenoxy) is 2. The van der Waals surface area contributed by atoms with Gasteiger partial charge in [-0.1, -0.05) is 48.5 Å². The summed E-state index contributed by atoms with van der Waals surface area (Å²) >= 11 is 5.78. The van der Waals surface area contributed by atoms with E-state index in [9.17, 15) is 0 Å². The van der Waals surface area contributed by atoms with Gasteiger partial charge in [0.15, 0.2) is 5.65 Å². The number of anilines is 1. The average molecular weight is 485 g/mol. The first-order chi connectivity index (χ1) is 17.2. The molecule has 0 saturated heterocycles. The number of nitrogens with two attached hydrogens (primary N) is 1. The monoisotopic (exact) mass is 484 g/mol. The third-order valence-electron chi connectivity index (χ3n) is 5.65. The van der Waals surface area contributed by atoms with E-state index in [-0.39, 0.29) is 0 Å². The van der Waals surface area contributed by atoms with E-state index in [4.69, 9.17) is 26.8 Å². The third kappa shape index (κ3) is 5.08. The van der Waals surface area contributed by atoms with Crippen LogP contribution in [0.4, 0.5) is 5.82 Å². The van der Waals surface area contributed by atoms with Crippen molar-refractivity contribution in [1.29, 1.82) is 0 Å². The van der Waals surface area contributed by atoms with Crippen LogP contribution in [0.2, 0.25) is 0 Å². The van der Waals surface area contributed by atoms with Crippen LogP contribution >= 0.6 is 11.6 Å². The van der Waals surface area contributed by atoms with E-state index in [0.717, 1.165) is 51.3 Å². The van der Waals surface area contributed by atoms with Gasteiger partial charge in [0.1, 0.15) is 30.3 Å². The Kier molecular flexibility index (Phi) is 6.82. The zero-order chi connectivity index (χ0) is 24.0. The highest BCUT2D eigenvalue weighted by Crippen LogP contribution is 2.36. The van der Waals surface area contributed by atoms with Gasteiger partial charge in [0.05, 0.1) is 17.7 Å². The summed E-state index contributed by atoms with van der Waals surface area (Å²) in [5.74, 6) is 2.54. The Morgan fingerprint density at radius 1 is 0.857 bits per heavy atom. The Hall–Kier alpha value is -4.03. The lowest BCUT2D eigenvalue weighted by Crippen LogP contribution is -2.00. The summed E-state index contributed by atoms with van der Waals surface area (Å²) in [5.41, 5.74) is 11.0. The average Bonchev–Trinajstić information content (AvgIpc) is 3.30. The molecule has 2 heterocycles. The smallest absolute Gasteiger partial charge is 0.150 e. The van der Waals surface area contributed by atoms with Crippen molar-refractivity contribution < 1.29 is 9.47 Å². The van der Waals surface area contributed by atoms with E-state index in [1.54, 1.807) is 0 Å². The van der Waals surface area contributed by atoms with Crippen LogP contribution < -0.4 is 15.2 Å². The number of hydrogen-bond acceptors (Lipinski definition) is 5. The summed E-state index contributed by atoms with van der Waals surface area (Å²) in [6, 6.07) is 25.9. The molecule has 0 aliphatic carbocycles. The van der Waals surface area contributed by atoms with Crippen LogP contribution in [0.5, 0.6) is 11.5 Å². The summed E-state index contributed by atoms with van der Waals surface area (Å²) in [6.45, 7) is 1.06. The summed E-state index contributed by atoms with van der Waals surface area (Å²) in [6.07, 6.45) is 4.30. The van der Waals surface area contributed by atoms with E-state index in [1.807, 2.05) is 89.6 Å². The van der Waals surface area contributed by atoms with Gasteiger partial charge in [-0.25, -0.2) is 9.97 Å². The van der Waals surface area contributed by atoms with Gasteiger partial charge in [-0.3, -0.25) is 0 Å². The molecule has 0 unspecified atom stereocenters. The Labute approximate surface area is 208 Å². The molecule has 2 aromatic heterocycles. The molecule has 5 rings (SSSR count). The molecule has 0 radical (unpaired) electrons. The van der Waals surface area contributed by atoms with Gasteiger partial charge in [-0.2, -0.15) is 0 Å². The number of alkyl halides is 1. The van der Waals surface area contributed by atoms with Crippen LogP contribution in [-0.2, 0) is 6.61 Å². The van der Waals surface area contributed by atoms with E-state index in [1.165, 1.54) is 6.33 Å². The lowest BCUT2D eigenvalue weighted by atomic mass is 10.1. The van der Waals surface area contributed by atoms with Gasteiger partial charge in [0.25, 0.3) is 0 Å². The minimum absolute atomic E-state index is 0.425. The predicted molar refractivity (Wildman–Crippen MR) is 140 cm³/mol. The molecular weight excluding hydrogens is 460 g/mol. The molecule has 7 heteroatoms. The Bertz CT molecular complexity index is 1440. The molecule has 6 nitrogen and oxygen atoms in total. The summed E-state index contributed by atoms with van der Waals surface area (Å²) in [5, 5.41) is 0.793. The van der Waals surface area contributed by atoms with Crippen LogP contribution in [-0.4, -0.2) is 27.0 Å². The quantitative estimate of drug-likeness (QED) is 0.197. The summed E-state index contributed by atoms with van der Waals surface area (Å²) in [7, 11) is 0. The van der Waals surface area contributed by atoms with Gasteiger partial charge < -0.3 is 19.8 Å². The van der Waals surface area contributed by atoms with E-state index in [0.29, 0.717) is 24.9 Å². The van der Waals surface area contributed by atoms with Crippen LogP contribution in [0.15, 0.2) is 91.4 Å². The van der Waals surface area contributed by atoms with Crippen LogP contribution in [0.1, 0.15) is 12.0 Å². The normalized spacial score (nSPS) is 11.0. The van der Waals surface area contributed by atoms with Crippen molar-refractivity contribution in [3.05, 3.63) is 97.0 Å². The maximum Gasteiger partial charge on any atom is 0.150 e. The highest BCUT2D eigenvalue weighted by Gasteiger charge is 2.17. The fourth-order valence-electron chi connectivity index (χ4n) is 3.96. The van der Waals surface area contributed by atoms with E-state index < -0.39 is 0 Å². The second-order valence-electron chi connectivity index (χ2n) is 8.06. The Morgan fingerprint density at radius 2 is 1.66 bits per heavy atom. The first-order valence-electron chi connectivity index (χ1n) is 11.4. The molecule has 0 fully saturated rings. The third-order valence-corrected chi connectivity index (χ3v) is 5.92. The Morgan fingerprint density at radius 3 is 2.49 bits per heavy atom. The second-order valence-corrected chi connectivity index (χ2v) is 8.44. The molecule has 0 amide bonds. The molecule has 0 spiro atoms. The lowest BCUT2D eigenvalue weighted by molar-refractivity contribution is 0.306. The number of aromatic nitrogens is 3. The molecule has 35 heavy (non-hydrogen) atoms. The highest BCUT2D eigenvalue weighted by atomic mass is 35.5. The topological polar surface area (TPSA) is 75.2 Å². The number of hydrogen-bond donors (Lipinski definition) is 1. The largest absolute Gasteiger partial charge is 0.493 e. The van der Waals surface area contributed by atoms with Gasteiger partial charge in [0, 0.05) is 23.7 Å². The van der Waals surface area contributed by atoms with Crippen molar-refractivity contribution in [2.45, 2.75) is 13.0 Å². The summed E-state index contributed by atoms with van der Waals surface area (Å²) < 4.78 is 13.9. The molecular formula is C28H25ClN4O2. The van der Waals surface area contributed by atoms with Gasteiger partial charge in [0.2, 0.25) is 0 Å². The standard InChI is InChI=1S/C28H25ClN4O2/c29-13-6-14-34-24-12-5-10-22(16-24)33-17-25(26-27(30)31-19-32-28(26)33)21-9-4-11-23(15-21)35-18-20-7-2-1-3-8-20/h1-5,7-12,15-17,19H,6,13-14,18H2,(H2,30,31,32).